The quantitative estimate of drug-likeness (QED) is 0.593. The second-order valence-electron chi connectivity index (χ2n) is 6.71. The van der Waals surface area contributed by atoms with E-state index in [2.05, 4.69) is 20.9 Å². The standard InChI is InChI=1S/C20H33N5O3/c1-3-25(4-2)20(27)23-16-18-7-5-6-17(14-18)15-22-19(26)21-8-9-24-10-12-28-13-11-24/h5-7,14H,3-4,8-13,15-16H2,1-2H3,(H,23,27)(H2,21,22,26). The van der Waals surface area contributed by atoms with Gasteiger partial charge < -0.3 is 25.6 Å². The largest absolute Gasteiger partial charge is 0.379 e. The Labute approximate surface area is 167 Å². The second-order valence-corrected chi connectivity index (χ2v) is 6.71. The Hall–Kier alpha value is -2.32. The monoisotopic (exact) mass is 391 g/mol. The zero-order chi connectivity index (χ0) is 20.2. The smallest absolute Gasteiger partial charge is 0.317 e. The summed E-state index contributed by atoms with van der Waals surface area (Å²) in [5.41, 5.74) is 2.01. The molecular formula is C20H33N5O3. The molecule has 1 aliphatic heterocycles. The number of ether oxygens (including phenoxy) is 1. The number of carbonyl (C=O) groups is 2. The van der Waals surface area contributed by atoms with Crippen LogP contribution in [0.25, 0.3) is 0 Å². The van der Waals surface area contributed by atoms with Crippen LogP contribution in [0.2, 0.25) is 0 Å². The third-order valence-corrected chi connectivity index (χ3v) is 4.76. The number of morpholine rings is 1. The Morgan fingerprint density at radius 1 is 1.04 bits per heavy atom. The minimum Gasteiger partial charge on any atom is -0.379 e. The third-order valence-electron chi connectivity index (χ3n) is 4.76. The van der Waals surface area contributed by atoms with E-state index in [4.69, 9.17) is 4.74 Å². The van der Waals surface area contributed by atoms with Crippen molar-refractivity contribution >= 4 is 12.1 Å². The van der Waals surface area contributed by atoms with Gasteiger partial charge in [0.15, 0.2) is 0 Å². The van der Waals surface area contributed by atoms with E-state index in [1.54, 1.807) is 4.90 Å². The Balaban J connectivity index is 1.68. The number of rotatable bonds is 9. The maximum atomic E-state index is 12.0. The van der Waals surface area contributed by atoms with Gasteiger partial charge >= 0.3 is 12.1 Å². The summed E-state index contributed by atoms with van der Waals surface area (Å²) in [7, 11) is 0. The molecule has 2 rings (SSSR count). The van der Waals surface area contributed by atoms with E-state index in [-0.39, 0.29) is 12.1 Å². The molecule has 0 spiro atoms. The Kier molecular flexibility index (Phi) is 9.57. The molecule has 28 heavy (non-hydrogen) atoms. The topological polar surface area (TPSA) is 85.9 Å². The fourth-order valence-electron chi connectivity index (χ4n) is 3.05. The Bertz CT molecular complexity index is 616. The van der Waals surface area contributed by atoms with Gasteiger partial charge in [-0.25, -0.2) is 9.59 Å². The van der Waals surface area contributed by atoms with Crippen LogP contribution < -0.4 is 16.0 Å². The molecule has 0 atom stereocenters. The van der Waals surface area contributed by atoms with Crippen LogP contribution in [0.15, 0.2) is 24.3 Å². The molecule has 8 heteroatoms. The van der Waals surface area contributed by atoms with Gasteiger partial charge in [0.2, 0.25) is 0 Å². The summed E-state index contributed by atoms with van der Waals surface area (Å²) in [6.45, 7) is 11.0. The number of hydrogen-bond acceptors (Lipinski definition) is 4. The summed E-state index contributed by atoms with van der Waals surface area (Å²) in [6.07, 6.45) is 0. The molecule has 0 unspecified atom stereocenters. The number of urea groups is 2. The molecule has 156 valence electrons. The summed E-state index contributed by atoms with van der Waals surface area (Å²) in [5, 5.41) is 8.69. The molecule has 1 fully saturated rings. The van der Waals surface area contributed by atoms with Crippen molar-refractivity contribution in [1.82, 2.24) is 25.8 Å². The summed E-state index contributed by atoms with van der Waals surface area (Å²) >= 11 is 0. The van der Waals surface area contributed by atoms with Gasteiger partial charge in [-0.05, 0) is 25.0 Å². The number of carbonyl (C=O) groups excluding carboxylic acids is 2. The van der Waals surface area contributed by atoms with Crippen molar-refractivity contribution in [1.29, 1.82) is 0 Å². The van der Waals surface area contributed by atoms with Crippen molar-refractivity contribution in [2.45, 2.75) is 26.9 Å². The van der Waals surface area contributed by atoms with Crippen molar-refractivity contribution in [3.05, 3.63) is 35.4 Å². The lowest BCUT2D eigenvalue weighted by Gasteiger charge is -2.26. The molecule has 4 amide bonds. The fraction of sp³-hybridized carbons (Fsp3) is 0.600. The molecule has 8 nitrogen and oxygen atoms in total. The highest BCUT2D eigenvalue weighted by Crippen LogP contribution is 2.05. The van der Waals surface area contributed by atoms with Gasteiger partial charge in [0.1, 0.15) is 0 Å². The van der Waals surface area contributed by atoms with Crippen molar-refractivity contribution < 1.29 is 14.3 Å². The summed E-state index contributed by atoms with van der Waals surface area (Å²) < 4.78 is 5.31. The number of amides is 4. The van der Waals surface area contributed by atoms with E-state index < -0.39 is 0 Å². The number of benzene rings is 1. The average Bonchev–Trinajstić information content (AvgIpc) is 2.73. The first kappa shape index (κ1) is 22.0. The van der Waals surface area contributed by atoms with E-state index in [0.29, 0.717) is 32.7 Å². The van der Waals surface area contributed by atoms with Gasteiger partial charge in [-0.2, -0.15) is 0 Å². The molecule has 0 aromatic heterocycles. The van der Waals surface area contributed by atoms with Gasteiger partial charge in [-0.1, -0.05) is 24.3 Å². The maximum absolute atomic E-state index is 12.0. The van der Waals surface area contributed by atoms with Crippen LogP contribution in [-0.4, -0.2) is 74.3 Å². The highest BCUT2D eigenvalue weighted by molar-refractivity contribution is 5.74. The molecule has 1 aromatic rings. The number of hydrogen-bond donors (Lipinski definition) is 3. The molecule has 0 saturated carbocycles. The molecule has 0 bridgehead atoms. The highest BCUT2D eigenvalue weighted by Gasteiger charge is 2.10. The SMILES string of the molecule is CCN(CC)C(=O)NCc1cccc(CNC(=O)NCCN2CCOCC2)c1. The Morgan fingerprint density at radius 2 is 1.68 bits per heavy atom. The van der Waals surface area contributed by atoms with Crippen LogP contribution >= 0.6 is 0 Å². The van der Waals surface area contributed by atoms with Gasteiger partial charge in [-0.15, -0.1) is 0 Å². The van der Waals surface area contributed by atoms with Gasteiger partial charge in [0.05, 0.1) is 13.2 Å². The molecule has 1 aromatic carbocycles. The minimum absolute atomic E-state index is 0.0619. The van der Waals surface area contributed by atoms with Crippen LogP contribution in [0.3, 0.4) is 0 Å². The summed E-state index contributed by atoms with van der Waals surface area (Å²) in [4.78, 5) is 28.0. The van der Waals surface area contributed by atoms with Crippen LogP contribution in [-0.2, 0) is 17.8 Å². The van der Waals surface area contributed by atoms with Crippen molar-refractivity contribution in [3.63, 3.8) is 0 Å². The lowest BCUT2D eigenvalue weighted by molar-refractivity contribution is 0.0387. The van der Waals surface area contributed by atoms with Crippen LogP contribution in [0.5, 0.6) is 0 Å². The predicted molar refractivity (Wildman–Crippen MR) is 109 cm³/mol. The molecule has 1 saturated heterocycles. The van der Waals surface area contributed by atoms with Crippen molar-refractivity contribution in [3.8, 4) is 0 Å². The van der Waals surface area contributed by atoms with Crippen molar-refractivity contribution in [2.75, 3.05) is 52.5 Å². The maximum Gasteiger partial charge on any atom is 0.317 e. The number of nitrogens with zero attached hydrogens (tertiary/aromatic N) is 2. The molecule has 0 radical (unpaired) electrons. The lowest BCUT2D eigenvalue weighted by atomic mass is 10.1. The van der Waals surface area contributed by atoms with Gasteiger partial charge in [0.25, 0.3) is 0 Å². The summed E-state index contributed by atoms with van der Waals surface area (Å²) in [5.74, 6) is 0. The molecule has 1 aliphatic rings. The minimum atomic E-state index is -0.173. The van der Waals surface area contributed by atoms with E-state index in [1.165, 1.54) is 0 Å². The van der Waals surface area contributed by atoms with E-state index in [9.17, 15) is 9.59 Å². The zero-order valence-corrected chi connectivity index (χ0v) is 17.0. The van der Waals surface area contributed by atoms with E-state index in [1.807, 2.05) is 38.1 Å². The molecular weight excluding hydrogens is 358 g/mol. The van der Waals surface area contributed by atoms with Gasteiger partial charge in [-0.3, -0.25) is 4.90 Å². The van der Waals surface area contributed by atoms with E-state index in [0.717, 1.165) is 44.0 Å². The average molecular weight is 392 g/mol. The first-order chi connectivity index (χ1) is 13.6. The molecule has 1 heterocycles. The molecule has 0 aliphatic carbocycles. The zero-order valence-electron chi connectivity index (χ0n) is 17.0. The summed E-state index contributed by atoms with van der Waals surface area (Å²) in [6, 6.07) is 7.63. The third kappa shape index (κ3) is 7.74. The molecule has 3 N–H and O–H groups in total. The van der Waals surface area contributed by atoms with Gasteiger partial charge in [0, 0.05) is 52.4 Å². The highest BCUT2D eigenvalue weighted by atomic mass is 16.5. The van der Waals surface area contributed by atoms with Crippen LogP contribution in [0.4, 0.5) is 9.59 Å². The van der Waals surface area contributed by atoms with E-state index >= 15 is 0 Å². The Morgan fingerprint density at radius 3 is 2.32 bits per heavy atom. The van der Waals surface area contributed by atoms with Crippen LogP contribution in [0, 0.1) is 0 Å². The van der Waals surface area contributed by atoms with Crippen molar-refractivity contribution in [2.24, 2.45) is 0 Å². The van der Waals surface area contributed by atoms with Crippen LogP contribution in [0.1, 0.15) is 25.0 Å². The first-order valence-electron chi connectivity index (χ1n) is 10.0. The number of nitrogens with one attached hydrogen (secondary N) is 3. The normalized spacial score (nSPS) is 14.4. The predicted octanol–water partition coefficient (Wildman–Crippen LogP) is 1.37. The second kappa shape index (κ2) is 12.2. The first-order valence-corrected chi connectivity index (χ1v) is 10.0. The fourth-order valence-corrected chi connectivity index (χ4v) is 3.05. The lowest BCUT2D eigenvalue weighted by Crippen LogP contribution is -2.43.